The third-order valence-electron chi connectivity index (χ3n) is 5.67. The zero-order valence-corrected chi connectivity index (χ0v) is 19.3. The minimum Gasteiger partial charge on any atom is -0.442 e. The van der Waals surface area contributed by atoms with Crippen LogP contribution in [-0.2, 0) is 16.1 Å². The standard InChI is InChI=1S/C25H28FN5O3/c1-17(32)28-15-22-16-31(25(33)34-22)21-5-6-23(24(26)11-21)19-3-4-20(29-13-19)14-27-12-18-7-9-30(2)10-8-18/h3-9,11,13,22,27H,10,12,14-16H2,1-2H3,(H,28,32)/t22-/m0/s1. The molecular formula is C25H28FN5O3. The molecule has 2 aromatic rings. The van der Waals surface area contributed by atoms with Gasteiger partial charge in [-0.25, -0.2) is 9.18 Å². The first-order valence-corrected chi connectivity index (χ1v) is 11.1. The SMILES string of the molecule is CC(=O)NC[C@H]1CN(c2ccc(-c3ccc(CNCC4=CCN(C)C=C4)nc3)c(F)c2)C(=O)O1. The van der Waals surface area contributed by atoms with E-state index in [1.807, 2.05) is 19.2 Å². The van der Waals surface area contributed by atoms with Gasteiger partial charge in [-0.1, -0.05) is 12.1 Å². The third kappa shape index (κ3) is 5.79. The lowest BCUT2D eigenvalue weighted by molar-refractivity contribution is -0.119. The Kier molecular flexibility index (Phi) is 7.22. The molecule has 1 atom stereocenters. The van der Waals surface area contributed by atoms with Gasteiger partial charge in [0.2, 0.25) is 5.91 Å². The minimum absolute atomic E-state index is 0.202. The van der Waals surface area contributed by atoms with Crippen LogP contribution < -0.4 is 15.5 Å². The van der Waals surface area contributed by atoms with Crippen molar-refractivity contribution in [1.82, 2.24) is 20.5 Å². The van der Waals surface area contributed by atoms with Gasteiger partial charge >= 0.3 is 6.09 Å². The number of likely N-dealkylation sites (N-methyl/N-ethyl adjacent to an activating group) is 1. The van der Waals surface area contributed by atoms with Crippen LogP contribution in [0.3, 0.4) is 0 Å². The second-order valence-electron chi connectivity index (χ2n) is 8.39. The fraction of sp³-hybridized carbons (Fsp3) is 0.320. The van der Waals surface area contributed by atoms with E-state index in [-0.39, 0.29) is 19.0 Å². The van der Waals surface area contributed by atoms with Gasteiger partial charge in [0.15, 0.2) is 0 Å². The number of amides is 2. The molecule has 1 aromatic carbocycles. The summed E-state index contributed by atoms with van der Waals surface area (Å²) in [5.41, 5.74) is 3.56. The first-order chi connectivity index (χ1) is 16.4. The first-order valence-electron chi connectivity index (χ1n) is 11.1. The second-order valence-corrected chi connectivity index (χ2v) is 8.39. The summed E-state index contributed by atoms with van der Waals surface area (Å²) < 4.78 is 20.2. The van der Waals surface area contributed by atoms with E-state index in [2.05, 4.69) is 38.9 Å². The summed E-state index contributed by atoms with van der Waals surface area (Å²) in [6.07, 6.45) is 6.94. The van der Waals surface area contributed by atoms with Crippen LogP contribution in [0, 0.1) is 5.82 Å². The summed E-state index contributed by atoms with van der Waals surface area (Å²) in [6.45, 7) is 4.13. The van der Waals surface area contributed by atoms with Crippen molar-refractivity contribution < 1.29 is 18.7 Å². The fourth-order valence-electron chi connectivity index (χ4n) is 3.77. The normalized spacial score (nSPS) is 17.6. The number of cyclic esters (lactones) is 1. The van der Waals surface area contributed by atoms with Crippen LogP contribution in [0.25, 0.3) is 11.1 Å². The number of nitrogens with zero attached hydrogens (tertiary/aromatic N) is 3. The van der Waals surface area contributed by atoms with Gasteiger partial charge in [0.1, 0.15) is 11.9 Å². The van der Waals surface area contributed by atoms with Gasteiger partial charge < -0.3 is 20.3 Å². The summed E-state index contributed by atoms with van der Waals surface area (Å²) >= 11 is 0. The first kappa shape index (κ1) is 23.4. The molecule has 0 aliphatic carbocycles. The number of rotatable bonds is 8. The number of pyridine rings is 1. The Bertz CT molecular complexity index is 1120. The van der Waals surface area contributed by atoms with Gasteiger partial charge in [-0.05, 0) is 42.1 Å². The number of aromatic nitrogens is 1. The number of ether oxygens (including phenoxy) is 1. The topological polar surface area (TPSA) is 86.8 Å². The molecule has 1 saturated heterocycles. The highest BCUT2D eigenvalue weighted by Crippen LogP contribution is 2.29. The van der Waals surface area contributed by atoms with Crippen LogP contribution in [0.4, 0.5) is 14.9 Å². The van der Waals surface area contributed by atoms with Gasteiger partial charge in [0.25, 0.3) is 0 Å². The Morgan fingerprint density at radius 3 is 2.79 bits per heavy atom. The lowest BCUT2D eigenvalue weighted by atomic mass is 10.1. The molecule has 9 heteroatoms. The van der Waals surface area contributed by atoms with Crippen LogP contribution >= 0.6 is 0 Å². The summed E-state index contributed by atoms with van der Waals surface area (Å²) in [5, 5.41) is 5.99. The van der Waals surface area contributed by atoms with Crippen molar-refractivity contribution in [2.45, 2.75) is 19.6 Å². The number of carbonyl (C=O) groups is 2. The smallest absolute Gasteiger partial charge is 0.414 e. The summed E-state index contributed by atoms with van der Waals surface area (Å²) in [6, 6.07) is 8.34. The van der Waals surface area contributed by atoms with E-state index in [4.69, 9.17) is 4.74 Å². The third-order valence-corrected chi connectivity index (χ3v) is 5.67. The lowest BCUT2D eigenvalue weighted by Gasteiger charge is -2.17. The van der Waals surface area contributed by atoms with Crippen molar-refractivity contribution in [2.24, 2.45) is 0 Å². The second kappa shape index (κ2) is 10.5. The molecule has 2 amide bonds. The van der Waals surface area contributed by atoms with E-state index in [0.717, 1.165) is 18.8 Å². The zero-order chi connectivity index (χ0) is 24.1. The molecular weight excluding hydrogens is 437 g/mol. The Morgan fingerprint density at radius 2 is 2.12 bits per heavy atom. The van der Waals surface area contributed by atoms with E-state index in [1.54, 1.807) is 18.3 Å². The molecule has 0 bridgehead atoms. The molecule has 0 spiro atoms. The molecule has 178 valence electrons. The van der Waals surface area contributed by atoms with Crippen LogP contribution in [-0.4, -0.2) is 61.2 Å². The van der Waals surface area contributed by atoms with Crippen molar-refractivity contribution in [2.75, 3.05) is 38.1 Å². The highest BCUT2D eigenvalue weighted by Gasteiger charge is 2.32. The van der Waals surface area contributed by atoms with E-state index in [9.17, 15) is 14.0 Å². The van der Waals surface area contributed by atoms with Crippen molar-refractivity contribution in [3.8, 4) is 11.1 Å². The van der Waals surface area contributed by atoms with Gasteiger partial charge in [-0.15, -0.1) is 0 Å². The largest absolute Gasteiger partial charge is 0.442 e. The van der Waals surface area contributed by atoms with Crippen LogP contribution in [0.1, 0.15) is 12.6 Å². The van der Waals surface area contributed by atoms with Crippen LogP contribution in [0.2, 0.25) is 0 Å². The number of benzene rings is 1. The van der Waals surface area contributed by atoms with Gasteiger partial charge in [0.05, 0.1) is 24.5 Å². The van der Waals surface area contributed by atoms with E-state index in [0.29, 0.717) is 23.4 Å². The average Bonchev–Trinajstić information content (AvgIpc) is 3.20. The number of nitrogens with one attached hydrogen (secondary N) is 2. The maximum atomic E-state index is 14.9. The zero-order valence-electron chi connectivity index (χ0n) is 19.3. The summed E-state index contributed by atoms with van der Waals surface area (Å²) in [5.74, 6) is -0.656. The maximum Gasteiger partial charge on any atom is 0.414 e. The molecule has 0 radical (unpaired) electrons. The molecule has 2 aliphatic rings. The monoisotopic (exact) mass is 465 g/mol. The number of carbonyl (C=O) groups excluding carboxylic acids is 2. The Morgan fingerprint density at radius 1 is 1.26 bits per heavy atom. The van der Waals surface area contributed by atoms with Gasteiger partial charge in [-0.3, -0.25) is 14.7 Å². The van der Waals surface area contributed by atoms with Crippen molar-refractivity contribution in [3.63, 3.8) is 0 Å². The molecule has 0 unspecified atom stereocenters. The predicted molar refractivity (Wildman–Crippen MR) is 127 cm³/mol. The van der Waals surface area contributed by atoms with E-state index >= 15 is 0 Å². The summed E-state index contributed by atoms with van der Waals surface area (Å²) in [4.78, 5) is 31.2. The Hall–Kier alpha value is -3.72. The van der Waals surface area contributed by atoms with E-state index < -0.39 is 18.0 Å². The highest BCUT2D eigenvalue weighted by molar-refractivity contribution is 5.90. The number of hydrogen-bond donors (Lipinski definition) is 2. The van der Waals surface area contributed by atoms with Crippen LogP contribution in [0.15, 0.2) is 60.5 Å². The lowest BCUT2D eigenvalue weighted by Crippen LogP contribution is -2.33. The number of halogens is 1. The van der Waals surface area contributed by atoms with Gasteiger partial charge in [-0.2, -0.15) is 0 Å². The fourth-order valence-corrected chi connectivity index (χ4v) is 3.77. The molecule has 3 heterocycles. The molecule has 8 nitrogen and oxygen atoms in total. The highest BCUT2D eigenvalue weighted by atomic mass is 19.1. The molecule has 2 N–H and O–H groups in total. The average molecular weight is 466 g/mol. The molecule has 1 aromatic heterocycles. The minimum atomic E-state index is -0.562. The Labute approximate surface area is 198 Å². The summed E-state index contributed by atoms with van der Waals surface area (Å²) in [7, 11) is 2.03. The van der Waals surface area contributed by atoms with Crippen molar-refractivity contribution in [1.29, 1.82) is 0 Å². The number of anilines is 1. The number of hydrogen-bond acceptors (Lipinski definition) is 6. The predicted octanol–water partition coefficient (Wildman–Crippen LogP) is 2.82. The Balaban J connectivity index is 1.35. The van der Waals surface area contributed by atoms with Crippen molar-refractivity contribution >= 4 is 17.7 Å². The molecule has 1 fully saturated rings. The quantitative estimate of drug-likeness (QED) is 0.624. The molecule has 0 saturated carbocycles. The van der Waals surface area contributed by atoms with Gasteiger partial charge in [0, 0.05) is 50.9 Å². The van der Waals surface area contributed by atoms with Crippen molar-refractivity contribution in [3.05, 3.63) is 72.0 Å². The maximum absolute atomic E-state index is 14.9. The molecule has 2 aliphatic heterocycles. The van der Waals surface area contributed by atoms with Crippen LogP contribution in [0.5, 0.6) is 0 Å². The van der Waals surface area contributed by atoms with E-state index in [1.165, 1.54) is 23.5 Å². The molecule has 34 heavy (non-hydrogen) atoms. The molecule has 4 rings (SSSR count).